The SMILES string of the molecule is COc1ccc2nccc([C@H](F)CC[C@@H]3CCN(CCSc4ccco4)C[C@H]3CCC(=O)O)c2c1. The predicted molar refractivity (Wildman–Crippen MR) is 136 cm³/mol. The van der Waals surface area contributed by atoms with Crippen molar-refractivity contribution in [2.24, 2.45) is 11.8 Å². The van der Waals surface area contributed by atoms with Crippen LogP contribution < -0.4 is 4.74 Å². The summed E-state index contributed by atoms with van der Waals surface area (Å²) in [5, 5.41) is 10.9. The summed E-state index contributed by atoms with van der Waals surface area (Å²) in [5.74, 6) is 1.42. The Balaban J connectivity index is 1.36. The van der Waals surface area contributed by atoms with Gasteiger partial charge >= 0.3 is 5.97 Å². The number of furan rings is 1. The van der Waals surface area contributed by atoms with Gasteiger partial charge in [-0.05, 0) is 86.0 Å². The number of hydrogen-bond acceptors (Lipinski definition) is 6. The van der Waals surface area contributed by atoms with Crippen LogP contribution >= 0.6 is 11.8 Å². The normalized spacial score (nSPS) is 19.6. The molecule has 1 saturated heterocycles. The maximum atomic E-state index is 15.5. The Bertz CT molecular complexity index is 1090. The van der Waals surface area contributed by atoms with Gasteiger partial charge in [-0.2, -0.15) is 0 Å². The molecule has 3 atom stereocenters. The molecule has 0 unspecified atom stereocenters. The molecule has 0 spiro atoms. The Morgan fingerprint density at radius 3 is 2.97 bits per heavy atom. The third kappa shape index (κ3) is 6.98. The van der Waals surface area contributed by atoms with E-state index in [0.29, 0.717) is 30.1 Å². The highest BCUT2D eigenvalue weighted by Crippen LogP contribution is 2.36. The maximum absolute atomic E-state index is 15.5. The number of alkyl halides is 1. The molecule has 1 aliphatic rings. The molecule has 0 bridgehead atoms. The number of carbonyl (C=O) groups is 1. The Hall–Kier alpha value is -2.58. The minimum Gasteiger partial charge on any atom is -0.497 e. The van der Waals surface area contributed by atoms with E-state index in [9.17, 15) is 9.90 Å². The molecule has 0 saturated carbocycles. The predicted octanol–water partition coefficient (Wildman–Crippen LogP) is 6.22. The molecule has 3 aromatic rings. The van der Waals surface area contributed by atoms with Crippen molar-refractivity contribution < 1.29 is 23.4 Å². The van der Waals surface area contributed by atoms with Gasteiger partial charge in [0.15, 0.2) is 5.09 Å². The van der Waals surface area contributed by atoms with E-state index in [1.807, 2.05) is 30.3 Å². The van der Waals surface area contributed by atoms with Gasteiger partial charge in [-0.15, -0.1) is 0 Å². The first-order valence-corrected chi connectivity index (χ1v) is 13.2. The van der Waals surface area contributed by atoms with E-state index in [-0.39, 0.29) is 12.3 Å². The number of carboxylic acid groups (broad SMARTS) is 1. The van der Waals surface area contributed by atoms with Crippen LogP contribution in [-0.4, -0.2) is 53.5 Å². The molecule has 1 aliphatic heterocycles. The van der Waals surface area contributed by atoms with E-state index in [4.69, 9.17) is 9.15 Å². The molecule has 1 fully saturated rings. The lowest BCUT2D eigenvalue weighted by Crippen LogP contribution is -2.41. The number of aromatic nitrogens is 1. The molecule has 4 rings (SSSR count). The molecular formula is C27H33FN2O4S. The lowest BCUT2D eigenvalue weighted by molar-refractivity contribution is -0.137. The van der Waals surface area contributed by atoms with Gasteiger partial charge in [0, 0.05) is 36.8 Å². The van der Waals surface area contributed by atoms with Gasteiger partial charge in [0.2, 0.25) is 0 Å². The second-order valence-electron chi connectivity index (χ2n) is 9.15. The molecule has 35 heavy (non-hydrogen) atoms. The lowest BCUT2D eigenvalue weighted by atomic mass is 9.79. The number of piperidine rings is 1. The summed E-state index contributed by atoms with van der Waals surface area (Å²) in [7, 11) is 1.60. The standard InChI is InChI=1S/C27H33FN2O4S/c1-33-21-6-8-25-23(17-21)22(10-12-29-25)24(28)7-4-19-11-13-30(18-20(19)5-9-26(31)32)14-16-35-27-3-2-15-34-27/h2-3,6,8,10,12,15,17,19-20,24H,4-5,7,9,11,13-14,16,18H2,1H3,(H,31,32)/t19-,20-,24-/m1/s1. The molecule has 8 heteroatoms. The number of halogens is 1. The Labute approximate surface area is 209 Å². The van der Waals surface area contributed by atoms with Crippen molar-refractivity contribution in [2.75, 3.05) is 32.5 Å². The fraction of sp³-hybridized carbons (Fsp3) is 0.481. The number of carboxylic acids is 1. The Kier molecular flexibility index (Phi) is 9.04. The van der Waals surface area contributed by atoms with Gasteiger partial charge < -0.3 is 19.2 Å². The van der Waals surface area contributed by atoms with Crippen molar-refractivity contribution in [3.63, 3.8) is 0 Å². The molecule has 1 N–H and O–H groups in total. The summed E-state index contributed by atoms with van der Waals surface area (Å²) in [6.07, 6.45) is 5.15. The summed E-state index contributed by atoms with van der Waals surface area (Å²) in [6.45, 7) is 2.75. The van der Waals surface area contributed by atoms with Crippen LogP contribution in [0.5, 0.6) is 5.75 Å². The van der Waals surface area contributed by atoms with Gasteiger partial charge in [0.25, 0.3) is 0 Å². The van der Waals surface area contributed by atoms with Crippen molar-refractivity contribution >= 4 is 28.6 Å². The van der Waals surface area contributed by atoms with E-state index in [0.717, 1.165) is 54.2 Å². The number of likely N-dealkylation sites (tertiary alicyclic amines) is 1. The number of fused-ring (bicyclic) bond motifs is 1. The average molecular weight is 501 g/mol. The quantitative estimate of drug-likeness (QED) is 0.296. The smallest absolute Gasteiger partial charge is 0.303 e. The lowest BCUT2D eigenvalue weighted by Gasteiger charge is -2.39. The third-order valence-electron chi connectivity index (χ3n) is 6.96. The summed E-state index contributed by atoms with van der Waals surface area (Å²) in [6, 6.07) is 11.1. The van der Waals surface area contributed by atoms with Gasteiger partial charge in [-0.1, -0.05) is 11.8 Å². The van der Waals surface area contributed by atoms with Crippen molar-refractivity contribution in [1.82, 2.24) is 9.88 Å². The van der Waals surface area contributed by atoms with Crippen molar-refractivity contribution in [2.45, 2.75) is 43.4 Å². The van der Waals surface area contributed by atoms with Crippen LogP contribution in [0.1, 0.15) is 43.8 Å². The van der Waals surface area contributed by atoms with E-state index in [1.54, 1.807) is 37.4 Å². The molecule has 0 radical (unpaired) electrons. The second kappa shape index (κ2) is 12.4. The first kappa shape index (κ1) is 25.5. The van der Waals surface area contributed by atoms with E-state index in [1.165, 1.54) is 0 Å². The summed E-state index contributed by atoms with van der Waals surface area (Å²) < 4.78 is 26.2. The number of nitrogens with zero attached hydrogens (tertiary/aromatic N) is 2. The molecule has 6 nitrogen and oxygen atoms in total. The largest absolute Gasteiger partial charge is 0.497 e. The molecule has 3 heterocycles. The molecular weight excluding hydrogens is 467 g/mol. The van der Waals surface area contributed by atoms with Crippen molar-refractivity contribution in [1.29, 1.82) is 0 Å². The van der Waals surface area contributed by atoms with Gasteiger partial charge in [-0.25, -0.2) is 4.39 Å². The van der Waals surface area contributed by atoms with E-state index >= 15 is 4.39 Å². The minimum atomic E-state index is -1.10. The second-order valence-corrected chi connectivity index (χ2v) is 10.2. The van der Waals surface area contributed by atoms with Crippen LogP contribution in [0.4, 0.5) is 4.39 Å². The van der Waals surface area contributed by atoms with Crippen molar-refractivity contribution in [3.8, 4) is 5.75 Å². The topological polar surface area (TPSA) is 75.8 Å². The van der Waals surface area contributed by atoms with E-state index < -0.39 is 12.1 Å². The average Bonchev–Trinajstić information content (AvgIpc) is 3.39. The highest BCUT2D eigenvalue weighted by molar-refractivity contribution is 7.99. The van der Waals surface area contributed by atoms with Gasteiger partial charge in [0.05, 0.1) is 18.9 Å². The first-order chi connectivity index (χ1) is 17.0. The maximum Gasteiger partial charge on any atom is 0.303 e. The molecule has 0 aliphatic carbocycles. The number of methoxy groups -OCH3 is 1. The minimum absolute atomic E-state index is 0.157. The monoisotopic (exact) mass is 500 g/mol. The number of rotatable bonds is 12. The number of ether oxygens (including phenoxy) is 1. The third-order valence-corrected chi connectivity index (χ3v) is 7.87. The van der Waals surface area contributed by atoms with Crippen LogP contribution in [-0.2, 0) is 4.79 Å². The summed E-state index contributed by atoms with van der Waals surface area (Å²) >= 11 is 1.69. The number of hydrogen-bond donors (Lipinski definition) is 1. The van der Waals surface area contributed by atoms with Crippen molar-refractivity contribution in [3.05, 3.63) is 54.4 Å². The van der Waals surface area contributed by atoms with Crippen LogP contribution in [0.3, 0.4) is 0 Å². The van der Waals surface area contributed by atoms with Crippen LogP contribution in [0, 0.1) is 11.8 Å². The zero-order valence-corrected chi connectivity index (χ0v) is 20.9. The number of pyridine rings is 1. The van der Waals surface area contributed by atoms with Crippen LogP contribution in [0.25, 0.3) is 10.9 Å². The number of aliphatic carboxylic acids is 1. The highest BCUT2D eigenvalue weighted by atomic mass is 32.2. The fourth-order valence-corrected chi connectivity index (χ4v) is 5.91. The first-order valence-electron chi connectivity index (χ1n) is 12.2. The zero-order valence-electron chi connectivity index (χ0n) is 20.1. The number of benzene rings is 1. The molecule has 1 aromatic carbocycles. The fourth-order valence-electron chi connectivity index (χ4n) is 5.06. The zero-order chi connectivity index (χ0) is 24.6. The molecule has 2 aromatic heterocycles. The Morgan fingerprint density at radius 2 is 2.20 bits per heavy atom. The summed E-state index contributed by atoms with van der Waals surface area (Å²) in [4.78, 5) is 18.0. The van der Waals surface area contributed by atoms with Gasteiger partial charge in [-0.3, -0.25) is 9.78 Å². The highest BCUT2D eigenvalue weighted by Gasteiger charge is 2.30. The Morgan fingerprint density at radius 1 is 1.31 bits per heavy atom. The molecule has 0 amide bonds. The number of thioether (sulfide) groups is 1. The van der Waals surface area contributed by atoms with E-state index in [2.05, 4.69) is 9.88 Å². The van der Waals surface area contributed by atoms with Crippen LogP contribution in [0.15, 0.2) is 58.4 Å². The van der Waals surface area contributed by atoms with Crippen LogP contribution in [0.2, 0.25) is 0 Å². The summed E-state index contributed by atoms with van der Waals surface area (Å²) in [5.41, 5.74) is 1.40. The molecule has 188 valence electrons. The van der Waals surface area contributed by atoms with Gasteiger partial charge in [0.1, 0.15) is 11.9 Å².